The van der Waals surface area contributed by atoms with Gasteiger partial charge in [0, 0.05) is 31.9 Å². The number of hydrogen-bond acceptors (Lipinski definition) is 4. The Hall–Kier alpha value is 0.347. The highest BCUT2D eigenvalue weighted by atomic mass is 35.5. The Morgan fingerprint density at radius 3 is 1.20 bits per heavy atom. The van der Waals surface area contributed by atoms with Gasteiger partial charge in [-0.05, 0) is 54.1 Å². The lowest BCUT2D eigenvalue weighted by atomic mass is 10.0. The standard InChI is InChI=1S/C29H63NO3Si.ClH/c1-7-11-12-13-14-15-16-17-18-19-20-21-22-23-24-26-29(30(5)6)27-25-28-34(31-8-2,32-9-3)33-10-4;/h29H,7-28H2,1-6H3;1H. The molecule has 0 radical (unpaired) electrons. The molecule has 0 bridgehead atoms. The van der Waals surface area contributed by atoms with Crippen LogP contribution in [0.3, 0.4) is 0 Å². The Morgan fingerprint density at radius 2 is 0.857 bits per heavy atom. The molecule has 1 atom stereocenters. The molecule has 0 N–H and O–H groups in total. The van der Waals surface area contributed by atoms with Crippen LogP contribution in [0, 0.1) is 0 Å². The van der Waals surface area contributed by atoms with E-state index >= 15 is 0 Å². The summed E-state index contributed by atoms with van der Waals surface area (Å²) in [5, 5.41) is 0. The van der Waals surface area contributed by atoms with Crippen molar-refractivity contribution in [3.8, 4) is 0 Å². The largest absolute Gasteiger partial charge is 0.500 e. The lowest BCUT2D eigenvalue weighted by molar-refractivity contribution is 0.0700. The minimum Gasteiger partial charge on any atom is -0.374 e. The fraction of sp³-hybridized carbons (Fsp3) is 1.00. The van der Waals surface area contributed by atoms with Crippen molar-refractivity contribution in [2.24, 2.45) is 0 Å². The molecular weight excluding hydrogens is 474 g/mol. The third-order valence-corrected chi connectivity index (χ3v) is 10.1. The monoisotopic (exact) mass is 537 g/mol. The van der Waals surface area contributed by atoms with Gasteiger partial charge in [0.1, 0.15) is 0 Å². The van der Waals surface area contributed by atoms with Gasteiger partial charge in [0.05, 0.1) is 0 Å². The quantitative estimate of drug-likeness (QED) is 0.0770. The minimum absolute atomic E-state index is 0. The smallest absolute Gasteiger partial charge is 0.374 e. The number of nitrogens with zero attached hydrogens (tertiary/aromatic N) is 1. The van der Waals surface area contributed by atoms with Crippen LogP contribution >= 0.6 is 12.4 Å². The topological polar surface area (TPSA) is 30.9 Å². The van der Waals surface area contributed by atoms with Crippen molar-refractivity contribution >= 4 is 21.2 Å². The van der Waals surface area contributed by atoms with E-state index in [1.165, 1.54) is 109 Å². The summed E-state index contributed by atoms with van der Waals surface area (Å²) in [6.45, 7) is 10.4. The SMILES string of the molecule is CCCCCCCCCCCCCCCCCC(CCC[Si](OCC)(OCC)OCC)N(C)C.Cl. The fourth-order valence-corrected chi connectivity index (χ4v) is 7.61. The van der Waals surface area contributed by atoms with Gasteiger partial charge >= 0.3 is 8.80 Å². The van der Waals surface area contributed by atoms with Crippen molar-refractivity contribution in [3.63, 3.8) is 0 Å². The average molecular weight is 538 g/mol. The average Bonchev–Trinajstić information content (AvgIpc) is 2.80. The number of rotatable bonds is 27. The molecule has 1 unspecified atom stereocenters. The van der Waals surface area contributed by atoms with Crippen LogP contribution in [-0.2, 0) is 13.3 Å². The van der Waals surface area contributed by atoms with E-state index in [-0.39, 0.29) is 12.4 Å². The highest BCUT2D eigenvalue weighted by Crippen LogP contribution is 2.23. The second-order valence-corrected chi connectivity index (χ2v) is 13.0. The van der Waals surface area contributed by atoms with Gasteiger partial charge in [-0.25, -0.2) is 0 Å². The van der Waals surface area contributed by atoms with Crippen LogP contribution in [0.2, 0.25) is 6.04 Å². The highest BCUT2D eigenvalue weighted by Gasteiger charge is 2.39. The normalized spacial score (nSPS) is 12.8. The first kappa shape index (κ1) is 37.5. The van der Waals surface area contributed by atoms with E-state index in [9.17, 15) is 0 Å². The van der Waals surface area contributed by atoms with E-state index in [0.717, 1.165) is 12.5 Å². The van der Waals surface area contributed by atoms with Crippen molar-refractivity contribution in [3.05, 3.63) is 0 Å². The molecule has 0 aromatic carbocycles. The van der Waals surface area contributed by atoms with Crippen LogP contribution in [0.1, 0.15) is 143 Å². The fourth-order valence-electron chi connectivity index (χ4n) is 4.97. The van der Waals surface area contributed by atoms with Gasteiger partial charge in [0.25, 0.3) is 0 Å². The van der Waals surface area contributed by atoms with Gasteiger partial charge in [-0.15, -0.1) is 12.4 Å². The van der Waals surface area contributed by atoms with Crippen molar-refractivity contribution < 1.29 is 13.3 Å². The molecule has 0 aliphatic carbocycles. The molecule has 0 aromatic heterocycles. The molecular formula is C29H64ClNO3Si. The summed E-state index contributed by atoms with van der Waals surface area (Å²) in [6.07, 6.45) is 25.1. The van der Waals surface area contributed by atoms with E-state index in [4.69, 9.17) is 13.3 Å². The van der Waals surface area contributed by atoms with Gasteiger partial charge in [0.2, 0.25) is 0 Å². The Morgan fingerprint density at radius 1 is 0.514 bits per heavy atom. The summed E-state index contributed by atoms with van der Waals surface area (Å²) in [4.78, 5) is 2.41. The third-order valence-electron chi connectivity index (χ3n) is 6.98. The van der Waals surface area contributed by atoms with Crippen molar-refractivity contribution in [1.82, 2.24) is 4.90 Å². The summed E-state index contributed by atoms with van der Waals surface area (Å²) in [5.41, 5.74) is 0. The van der Waals surface area contributed by atoms with Gasteiger partial charge in [-0.1, -0.05) is 103 Å². The lowest BCUT2D eigenvalue weighted by Crippen LogP contribution is -2.46. The molecule has 0 rings (SSSR count). The molecule has 0 aliphatic rings. The predicted molar refractivity (Wildman–Crippen MR) is 159 cm³/mol. The zero-order chi connectivity index (χ0) is 25.3. The second-order valence-electron chi connectivity index (χ2n) is 10.2. The molecule has 0 saturated carbocycles. The van der Waals surface area contributed by atoms with E-state index < -0.39 is 8.80 Å². The second kappa shape index (κ2) is 27.4. The molecule has 4 nitrogen and oxygen atoms in total. The van der Waals surface area contributed by atoms with Crippen LogP contribution in [0.4, 0.5) is 0 Å². The third kappa shape index (κ3) is 22.1. The molecule has 0 fully saturated rings. The molecule has 0 spiro atoms. The summed E-state index contributed by atoms with van der Waals surface area (Å²) < 4.78 is 18.1. The molecule has 0 amide bonds. The zero-order valence-electron chi connectivity index (χ0n) is 24.7. The van der Waals surface area contributed by atoms with Gasteiger partial charge in [0.15, 0.2) is 0 Å². The maximum atomic E-state index is 6.02. The van der Waals surface area contributed by atoms with Crippen LogP contribution in [0.15, 0.2) is 0 Å². The van der Waals surface area contributed by atoms with Crippen LogP contribution in [0.5, 0.6) is 0 Å². The van der Waals surface area contributed by atoms with E-state index in [0.29, 0.717) is 25.9 Å². The van der Waals surface area contributed by atoms with Crippen molar-refractivity contribution in [2.75, 3.05) is 33.9 Å². The van der Waals surface area contributed by atoms with E-state index in [1.807, 2.05) is 20.8 Å². The number of unbranched alkanes of at least 4 members (excludes halogenated alkanes) is 14. The Balaban J connectivity index is 0. The highest BCUT2D eigenvalue weighted by molar-refractivity contribution is 6.60. The Kier molecular flexibility index (Phi) is 29.3. The zero-order valence-corrected chi connectivity index (χ0v) is 26.5. The van der Waals surface area contributed by atoms with Crippen molar-refractivity contribution in [2.45, 2.75) is 155 Å². The first-order chi connectivity index (χ1) is 16.5. The number of hydrogen-bond donors (Lipinski definition) is 0. The van der Waals surface area contributed by atoms with Gasteiger partial charge in [-0.3, -0.25) is 0 Å². The predicted octanol–water partition coefficient (Wildman–Crippen LogP) is 9.43. The molecule has 35 heavy (non-hydrogen) atoms. The lowest BCUT2D eigenvalue weighted by Gasteiger charge is -2.30. The Bertz CT molecular complexity index is 398. The Labute approximate surface area is 228 Å². The first-order valence-corrected chi connectivity index (χ1v) is 17.1. The van der Waals surface area contributed by atoms with Crippen LogP contribution in [-0.4, -0.2) is 53.7 Å². The van der Waals surface area contributed by atoms with Gasteiger partial charge in [-0.2, -0.15) is 0 Å². The molecule has 0 saturated heterocycles. The maximum Gasteiger partial charge on any atom is 0.500 e. The van der Waals surface area contributed by atoms with Crippen LogP contribution in [0.25, 0.3) is 0 Å². The summed E-state index contributed by atoms with van der Waals surface area (Å²) >= 11 is 0. The number of halogens is 1. The van der Waals surface area contributed by atoms with Crippen molar-refractivity contribution in [1.29, 1.82) is 0 Å². The summed E-state index contributed by atoms with van der Waals surface area (Å²) in [5.74, 6) is 0. The maximum absolute atomic E-state index is 6.02. The molecule has 0 heterocycles. The first-order valence-electron chi connectivity index (χ1n) is 15.1. The minimum atomic E-state index is -2.49. The van der Waals surface area contributed by atoms with E-state index in [1.54, 1.807) is 0 Å². The molecule has 0 aliphatic heterocycles. The molecule has 6 heteroatoms. The van der Waals surface area contributed by atoms with Crippen LogP contribution < -0.4 is 0 Å². The van der Waals surface area contributed by atoms with Gasteiger partial charge < -0.3 is 18.2 Å². The van der Waals surface area contributed by atoms with E-state index in [2.05, 4.69) is 25.9 Å². The summed E-state index contributed by atoms with van der Waals surface area (Å²) in [6, 6.07) is 1.59. The molecule has 0 aromatic rings. The molecule has 214 valence electrons. The summed E-state index contributed by atoms with van der Waals surface area (Å²) in [7, 11) is 1.97.